The van der Waals surface area contributed by atoms with Crippen LogP contribution in [0.25, 0.3) is 0 Å². The molecule has 0 aliphatic heterocycles. The molecule has 0 aromatic heterocycles. The van der Waals surface area contributed by atoms with Gasteiger partial charge in [0.2, 0.25) is 5.91 Å². The number of hydrogen-bond acceptors (Lipinski definition) is 2. The number of nitrogens with one attached hydrogen (secondary N) is 1. The van der Waals surface area contributed by atoms with E-state index in [9.17, 15) is 9.59 Å². The van der Waals surface area contributed by atoms with Gasteiger partial charge >= 0.3 is 5.97 Å². The van der Waals surface area contributed by atoms with Gasteiger partial charge in [0.15, 0.2) is 0 Å². The van der Waals surface area contributed by atoms with Crippen LogP contribution in [-0.2, 0) is 9.59 Å². The van der Waals surface area contributed by atoms with Crippen LogP contribution in [0.2, 0.25) is 0 Å². The molecule has 15 heavy (non-hydrogen) atoms. The largest absolute Gasteiger partial charge is 0.480 e. The third-order valence-corrected chi connectivity index (χ3v) is 2.09. The standard InChI is InChI=1S/C11H19NO3/c1-5-6-8(4)10(13)12-9(7(2)3)11(14)15/h6-7,9H,5H2,1-4H3,(H,12,13)(H,14,15)/b8-6-/t9-/m0/s1. The predicted octanol–water partition coefficient (Wildman–Crippen LogP) is 1.57. The molecule has 1 amide bonds. The van der Waals surface area contributed by atoms with Crippen LogP contribution in [0.4, 0.5) is 0 Å². The maximum atomic E-state index is 11.5. The Bertz CT molecular complexity index is 269. The average Bonchev–Trinajstić information content (AvgIpc) is 2.12. The summed E-state index contributed by atoms with van der Waals surface area (Å²) in [6.07, 6.45) is 2.53. The molecule has 2 N–H and O–H groups in total. The first-order valence-electron chi connectivity index (χ1n) is 5.10. The van der Waals surface area contributed by atoms with Crippen LogP contribution in [0.3, 0.4) is 0 Å². The second-order valence-corrected chi connectivity index (χ2v) is 3.83. The van der Waals surface area contributed by atoms with Gasteiger partial charge in [0, 0.05) is 5.57 Å². The first-order valence-corrected chi connectivity index (χ1v) is 5.10. The third kappa shape index (κ3) is 4.63. The molecule has 0 aromatic carbocycles. The summed E-state index contributed by atoms with van der Waals surface area (Å²) in [5, 5.41) is 11.4. The summed E-state index contributed by atoms with van der Waals surface area (Å²) in [7, 11) is 0. The Balaban J connectivity index is 4.49. The second kappa shape index (κ2) is 6.22. The number of rotatable bonds is 5. The van der Waals surface area contributed by atoms with E-state index in [2.05, 4.69) is 5.32 Å². The molecule has 0 aliphatic rings. The van der Waals surface area contributed by atoms with E-state index in [0.29, 0.717) is 5.57 Å². The van der Waals surface area contributed by atoms with E-state index in [-0.39, 0.29) is 11.8 Å². The number of hydrogen-bond donors (Lipinski definition) is 2. The van der Waals surface area contributed by atoms with E-state index in [1.165, 1.54) is 0 Å². The minimum Gasteiger partial charge on any atom is -0.480 e. The molecule has 0 heterocycles. The number of amides is 1. The van der Waals surface area contributed by atoms with Crippen molar-refractivity contribution in [1.82, 2.24) is 5.32 Å². The van der Waals surface area contributed by atoms with Crippen LogP contribution in [0.15, 0.2) is 11.6 Å². The van der Waals surface area contributed by atoms with Crippen molar-refractivity contribution in [2.75, 3.05) is 0 Å². The Kier molecular flexibility index (Phi) is 5.67. The maximum absolute atomic E-state index is 11.5. The molecule has 0 radical (unpaired) electrons. The lowest BCUT2D eigenvalue weighted by atomic mass is 10.0. The zero-order chi connectivity index (χ0) is 12.0. The first kappa shape index (κ1) is 13.7. The van der Waals surface area contributed by atoms with Gasteiger partial charge in [0.1, 0.15) is 6.04 Å². The van der Waals surface area contributed by atoms with Crippen molar-refractivity contribution in [3.05, 3.63) is 11.6 Å². The lowest BCUT2D eigenvalue weighted by Gasteiger charge is -2.17. The van der Waals surface area contributed by atoms with Crippen molar-refractivity contribution < 1.29 is 14.7 Å². The Morgan fingerprint density at radius 3 is 2.27 bits per heavy atom. The van der Waals surface area contributed by atoms with Gasteiger partial charge in [-0.15, -0.1) is 0 Å². The van der Waals surface area contributed by atoms with Crippen molar-refractivity contribution in [2.24, 2.45) is 5.92 Å². The van der Waals surface area contributed by atoms with Crippen molar-refractivity contribution in [3.8, 4) is 0 Å². The molecule has 0 aliphatic carbocycles. The molecule has 4 heteroatoms. The highest BCUT2D eigenvalue weighted by molar-refractivity contribution is 5.95. The monoisotopic (exact) mass is 213 g/mol. The van der Waals surface area contributed by atoms with E-state index in [4.69, 9.17) is 5.11 Å². The molecule has 0 saturated heterocycles. The number of allylic oxidation sites excluding steroid dienone is 1. The molecule has 86 valence electrons. The second-order valence-electron chi connectivity index (χ2n) is 3.83. The Hall–Kier alpha value is -1.32. The molecular formula is C11H19NO3. The minimum absolute atomic E-state index is 0.124. The highest BCUT2D eigenvalue weighted by atomic mass is 16.4. The van der Waals surface area contributed by atoms with Gasteiger partial charge < -0.3 is 10.4 Å². The van der Waals surface area contributed by atoms with Gasteiger partial charge in [-0.2, -0.15) is 0 Å². The lowest BCUT2D eigenvalue weighted by Crippen LogP contribution is -2.44. The van der Waals surface area contributed by atoms with Crippen LogP contribution in [-0.4, -0.2) is 23.0 Å². The maximum Gasteiger partial charge on any atom is 0.326 e. The zero-order valence-corrected chi connectivity index (χ0v) is 9.70. The van der Waals surface area contributed by atoms with Crippen LogP contribution >= 0.6 is 0 Å². The van der Waals surface area contributed by atoms with Gasteiger partial charge in [-0.1, -0.05) is 26.8 Å². The fourth-order valence-electron chi connectivity index (χ4n) is 1.17. The summed E-state index contributed by atoms with van der Waals surface area (Å²) in [5.41, 5.74) is 0.560. The Morgan fingerprint density at radius 2 is 1.93 bits per heavy atom. The van der Waals surface area contributed by atoms with E-state index < -0.39 is 12.0 Å². The minimum atomic E-state index is -0.998. The SMILES string of the molecule is CC/C=C(/C)C(=O)N[C@H](C(=O)O)C(C)C. The van der Waals surface area contributed by atoms with Crippen LogP contribution < -0.4 is 5.32 Å². The van der Waals surface area contributed by atoms with E-state index in [1.807, 2.05) is 6.92 Å². The predicted molar refractivity (Wildman–Crippen MR) is 58.5 cm³/mol. The van der Waals surface area contributed by atoms with Crippen LogP contribution in [0, 0.1) is 5.92 Å². The molecule has 0 bridgehead atoms. The van der Waals surface area contributed by atoms with E-state index in [0.717, 1.165) is 6.42 Å². The third-order valence-electron chi connectivity index (χ3n) is 2.09. The average molecular weight is 213 g/mol. The quantitative estimate of drug-likeness (QED) is 0.681. The number of carbonyl (C=O) groups is 2. The van der Waals surface area contributed by atoms with Crippen molar-refractivity contribution in [2.45, 2.75) is 40.2 Å². The molecule has 1 atom stereocenters. The number of carbonyl (C=O) groups excluding carboxylic acids is 1. The lowest BCUT2D eigenvalue weighted by molar-refractivity contribution is -0.142. The van der Waals surface area contributed by atoms with E-state index in [1.54, 1.807) is 26.8 Å². The van der Waals surface area contributed by atoms with Crippen molar-refractivity contribution in [3.63, 3.8) is 0 Å². The highest BCUT2D eigenvalue weighted by Gasteiger charge is 2.23. The van der Waals surface area contributed by atoms with Gasteiger partial charge in [0.05, 0.1) is 0 Å². The molecule has 0 spiro atoms. The molecule has 0 fully saturated rings. The molecule has 0 aromatic rings. The molecule has 4 nitrogen and oxygen atoms in total. The van der Waals surface area contributed by atoms with Crippen molar-refractivity contribution in [1.29, 1.82) is 0 Å². The van der Waals surface area contributed by atoms with Crippen LogP contribution in [0.5, 0.6) is 0 Å². The summed E-state index contributed by atoms with van der Waals surface area (Å²) < 4.78 is 0. The first-order chi connectivity index (χ1) is 6.90. The van der Waals surface area contributed by atoms with Crippen molar-refractivity contribution >= 4 is 11.9 Å². The van der Waals surface area contributed by atoms with Gasteiger partial charge in [-0.3, -0.25) is 4.79 Å². The zero-order valence-electron chi connectivity index (χ0n) is 9.70. The van der Waals surface area contributed by atoms with Gasteiger partial charge in [-0.05, 0) is 19.3 Å². The van der Waals surface area contributed by atoms with Gasteiger partial charge in [0.25, 0.3) is 0 Å². The number of carboxylic acid groups (broad SMARTS) is 1. The Labute approximate surface area is 90.4 Å². The van der Waals surface area contributed by atoms with Crippen LogP contribution in [0.1, 0.15) is 34.1 Å². The molecular weight excluding hydrogens is 194 g/mol. The summed E-state index contributed by atoms with van der Waals surface area (Å²) in [6, 6.07) is -0.822. The fraction of sp³-hybridized carbons (Fsp3) is 0.636. The van der Waals surface area contributed by atoms with Gasteiger partial charge in [-0.25, -0.2) is 4.79 Å². The Morgan fingerprint density at radius 1 is 1.40 bits per heavy atom. The molecule has 0 unspecified atom stereocenters. The van der Waals surface area contributed by atoms with E-state index >= 15 is 0 Å². The molecule has 0 saturated carbocycles. The summed E-state index contributed by atoms with van der Waals surface area (Å²) in [4.78, 5) is 22.3. The summed E-state index contributed by atoms with van der Waals surface area (Å²) in [5.74, 6) is -1.43. The fourth-order valence-corrected chi connectivity index (χ4v) is 1.17. The number of carboxylic acids is 1. The number of aliphatic carboxylic acids is 1. The smallest absolute Gasteiger partial charge is 0.326 e. The summed E-state index contributed by atoms with van der Waals surface area (Å²) >= 11 is 0. The topological polar surface area (TPSA) is 66.4 Å². The normalized spacial score (nSPS) is 13.8. The molecule has 0 rings (SSSR count). The summed E-state index contributed by atoms with van der Waals surface area (Å²) in [6.45, 7) is 7.13. The highest BCUT2D eigenvalue weighted by Crippen LogP contribution is 2.04.